The quantitative estimate of drug-likeness (QED) is 0.806. The van der Waals surface area contributed by atoms with Gasteiger partial charge in [-0.25, -0.2) is 4.98 Å². The van der Waals surface area contributed by atoms with E-state index in [4.69, 9.17) is 5.26 Å². The summed E-state index contributed by atoms with van der Waals surface area (Å²) in [6.07, 6.45) is 1.39. The Hall–Kier alpha value is -1.89. The Morgan fingerprint density at radius 3 is 2.80 bits per heavy atom. The predicted molar refractivity (Wildman–Crippen MR) is 56.1 cm³/mol. The summed E-state index contributed by atoms with van der Waals surface area (Å²) in [5.74, 6) is 0.209. The molecule has 1 aromatic rings. The summed E-state index contributed by atoms with van der Waals surface area (Å²) in [5, 5.41) is 11.3. The molecule has 1 aromatic heterocycles. The Morgan fingerprint density at radius 2 is 2.33 bits per heavy atom. The van der Waals surface area contributed by atoms with Crippen LogP contribution in [-0.2, 0) is 0 Å². The fourth-order valence-corrected chi connectivity index (χ4v) is 0.982. The molecule has 0 aliphatic heterocycles. The lowest BCUT2D eigenvalue weighted by Crippen LogP contribution is -2.27. The summed E-state index contributed by atoms with van der Waals surface area (Å²) < 4.78 is 0. The van der Waals surface area contributed by atoms with Crippen molar-refractivity contribution in [3.63, 3.8) is 0 Å². The van der Waals surface area contributed by atoms with E-state index in [1.165, 1.54) is 6.20 Å². The fraction of sp³-hybridized carbons (Fsp3) is 0.364. The van der Waals surface area contributed by atoms with E-state index in [9.17, 15) is 4.79 Å². The first-order chi connectivity index (χ1) is 7.13. The number of nitriles is 1. The molecule has 0 radical (unpaired) electrons. The molecule has 4 nitrogen and oxygen atoms in total. The maximum atomic E-state index is 11.5. The van der Waals surface area contributed by atoms with Crippen LogP contribution in [0.2, 0.25) is 0 Å². The Labute approximate surface area is 88.9 Å². The molecule has 0 bridgehead atoms. The van der Waals surface area contributed by atoms with Crippen molar-refractivity contribution in [3.05, 3.63) is 29.6 Å². The van der Waals surface area contributed by atoms with Crippen molar-refractivity contribution >= 4 is 5.91 Å². The average molecular weight is 203 g/mol. The number of hydrogen-bond donors (Lipinski definition) is 1. The SMILES string of the molecule is CC(C)CNC(=O)c1ccc(C#N)cn1. The van der Waals surface area contributed by atoms with Gasteiger partial charge < -0.3 is 5.32 Å². The van der Waals surface area contributed by atoms with Gasteiger partial charge in [-0.2, -0.15) is 5.26 Å². The van der Waals surface area contributed by atoms with Crippen molar-refractivity contribution in [2.75, 3.05) is 6.54 Å². The van der Waals surface area contributed by atoms with Crippen molar-refractivity contribution in [3.8, 4) is 6.07 Å². The highest BCUT2D eigenvalue weighted by Crippen LogP contribution is 1.99. The number of nitrogens with one attached hydrogen (secondary N) is 1. The van der Waals surface area contributed by atoms with Crippen molar-refractivity contribution < 1.29 is 4.79 Å². The normalized spacial score (nSPS) is 9.73. The monoisotopic (exact) mass is 203 g/mol. The zero-order valence-corrected chi connectivity index (χ0v) is 8.82. The molecule has 0 atom stereocenters. The number of aromatic nitrogens is 1. The van der Waals surface area contributed by atoms with Gasteiger partial charge in [-0.3, -0.25) is 4.79 Å². The van der Waals surface area contributed by atoms with E-state index in [0.29, 0.717) is 23.7 Å². The van der Waals surface area contributed by atoms with Crippen molar-refractivity contribution in [2.24, 2.45) is 5.92 Å². The minimum absolute atomic E-state index is 0.201. The molecule has 1 amide bonds. The fourth-order valence-electron chi connectivity index (χ4n) is 0.982. The first-order valence-corrected chi connectivity index (χ1v) is 4.78. The lowest BCUT2D eigenvalue weighted by atomic mass is 10.2. The van der Waals surface area contributed by atoms with Gasteiger partial charge in [-0.15, -0.1) is 0 Å². The molecule has 78 valence electrons. The highest BCUT2D eigenvalue weighted by atomic mass is 16.1. The van der Waals surface area contributed by atoms with E-state index in [-0.39, 0.29) is 5.91 Å². The van der Waals surface area contributed by atoms with E-state index < -0.39 is 0 Å². The van der Waals surface area contributed by atoms with Crippen LogP contribution in [0.4, 0.5) is 0 Å². The zero-order valence-electron chi connectivity index (χ0n) is 8.82. The second kappa shape index (κ2) is 5.11. The lowest BCUT2D eigenvalue weighted by molar-refractivity contribution is 0.0944. The summed E-state index contributed by atoms with van der Waals surface area (Å²) in [6, 6.07) is 5.08. The van der Waals surface area contributed by atoms with E-state index in [2.05, 4.69) is 10.3 Å². The summed E-state index contributed by atoms with van der Waals surface area (Å²) >= 11 is 0. The van der Waals surface area contributed by atoms with Crippen LogP contribution < -0.4 is 5.32 Å². The number of rotatable bonds is 3. The summed E-state index contributed by atoms with van der Waals surface area (Å²) in [6.45, 7) is 4.67. The second-order valence-corrected chi connectivity index (χ2v) is 3.65. The highest BCUT2D eigenvalue weighted by molar-refractivity contribution is 5.92. The third-order valence-electron chi connectivity index (χ3n) is 1.80. The van der Waals surface area contributed by atoms with Crippen molar-refractivity contribution in [1.29, 1.82) is 5.26 Å². The Bertz CT molecular complexity index is 376. The van der Waals surface area contributed by atoms with E-state index in [1.54, 1.807) is 12.1 Å². The number of nitrogens with zero attached hydrogens (tertiary/aromatic N) is 2. The molecule has 0 saturated heterocycles. The van der Waals surface area contributed by atoms with Crippen LogP contribution in [0.25, 0.3) is 0 Å². The van der Waals surface area contributed by atoms with E-state index in [0.717, 1.165) is 0 Å². The van der Waals surface area contributed by atoms with E-state index >= 15 is 0 Å². The van der Waals surface area contributed by atoms with Crippen LogP contribution in [-0.4, -0.2) is 17.4 Å². The topological polar surface area (TPSA) is 65.8 Å². The van der Waals surface area contributed by atoms with Crippen LogP contribution in [0, 0.1) is 17.2 Å². The molecule has 4 heteroatoms. The van der Waals surface area contributed by atoms with Gasteiger partial charge in [0.25, 0.3) is 5.91 Å². The minimum Gasteiger partial charge on any atom is -0.350 e. The smallest absolute Gasteiger partial charge is 0.269 e. The van der Waals surface area contributed by atoms with Crippen LogP contribution in [0.1, 0.15) is 29.9 Å². The molecule has 0 fully saturated rings. The molecule has 15 heavy (non-hydrogen) atoms. The zero-order chi connectivity index (χ0) is 11.3. The minimum atomic E-state index is -0.201. The number of amides is 1. The van der Waals surface area contributed by atoms with Crippen LogP contribution in [0.3, 0.4) is 0 Å². The number of pyridine rings is 1. The first kappa shape index (κ1) is 11.2. The highest BCUT2D eigenvalue weighted by Gasteiger charge is 2.06. The number of hydrogen-bond acceptors (Lipinski definition) is 3. The molecule has 0 saturated carbocycles. The average Bonchev–Trinajstić information content (AvgIpc) is 2.26. The predicted octanol–water partition coefficient (Wildman–Crippen LogP) is 1.34. The molecule has 1 heterocycles. The molecule has 0 spiro atoms. The third-order valence-corrected chi connectivity index (χ3v) is 1.80. The molecule has 0 unspecified atom stereocenters. The van der Waals surface area contributed by atoms with Gasteiger partial charge in [0, 0.05) is 12.7 Å². The van der Waals surface area contributed by atoms with Gasteiger partial charge >= 0.3 is 0 Å². The molecule has 1 rings (SSSR count). The maximum Gasteiger partial charge on any atom is 0.269 e. The first-order valence-electron chi connectivity index (χ1n) is 4.78. The number of carbonyl (C=O) groups is 1. The maximum absolute atomic E-state index is 11.5. The third kappa shape index (κ3) is 3.39. The van der Waals surface area contributed by atoms with Crippen LogP contribution in [0.5, 0.6) is 0 Å². The van der Waals surface area contributed by atoms with Gasteiger partial charge in [0.15, 0.2) is 0 Å². The summed E-state index contributed by atoms with van der Waals surface area (Å²) in [4.78, 5) is 15.4. The summed E-state index contributed by atoms with van der Waals surface area (Å²) in [7, 11) is 0. The Morgan fingerprint density at radius 1 is 1.60 bits per heavy atom. The van der Waals surface area contributed by atoms with Crippen molar-refractivity contribution in [1.82, 2.24) is 10.3 Å². The number of carbonyl (C=O) groups excluding carboxylic acids is 1. The van der Waals surface area contributed by atoms with Crippen molar-refractivity contribution in [2.45, 2.75) is 13.8 Å². The molecule has 1 N–H and O–H groups in total. The second-order valence-electron chi connectivity index (χ2n) is 3.65. The molecule has 0 aromatic carbocycles. The molecular formula is C11H13N3O. The summed E-state index contributed by atoms with van der Waals surface area (Å²) in [5.41, 5.74) is 0.796. The van der Waals surface area contributed by atoms with Gasteiger partial charge in [0.2, 0.25) is 0 Å². The van der Waals surface area contributed by atoms with Gasteiger partial charge in [0.05, 0.1) is 5.56 Å². The molecular weight excluding hydrogens is 190 g/mol. The molecule has 0 aliphatic carbocycles. The van der Waals surface area contributed by atoms with Gasteiger partial charge in [-0.1, -0.05) is 13.8 Å². The van der Waals surface area contributed by atoms with Gasteiger partial charge in [-0.05, 0) is 18.1 Å². The van der Waals surface area contributed by atoms with Gasteiger partial charge in [0.1, 0.15) is 11.8 Å². The lowest BCUT2D eigenvalue weighted by Gasteiger charge is -2.06. The van der Waals surface area contributed by atoms with E-state index in [1.807, 2.05) is 19.9 Å². The Balaban J connectivity index is 2.63. The van der Waals surface area contributed by atoms with Crippen LogP contribution in [0.15, 0.2) is 18.3 Å². The van der Waals surface area contributed by atoms with Crippen LogP contribution >= 0.6 is 0 Å². The molecule has 0 aliphatic rings. The largest absolute Gasteiger partial charge is 0.350 e. The standard InChI is InChI=1S/C11H13N3O/c1-8(2)6-14-11(15)10-4-3-9(5-12)7-13-10/h3-4,7-8H,6H2,1-2H3,(H,14,15). The Kier molecular flexibility index (Phi) is 3.81.